The number of amides is 3. The van der Waals surface area contributed by atoms with E-state index in [0.717, 1.165) is 5.56 Å². The largest absolute Gasteiger partial charge is 0.325 e. The van der Waals surface area contributed by atoms with Crippen LogP contribution in [0.3, 0.4) is 0 Å². The van der Waals surface area contributed by atoms with E-state index in [-0.39, 0.29) is 12.5 Å². The quantitative estimate of drug-likeness (QED) is 0.784. The normalized spacial score (nSPS) is 20.0. The van der Waals surface area contributed by atoms with E-state index in [2.05, 4.69) is 5.32 Å². The predicted octanol–water partition coefficient (Wildman–Crippen LogP) is 4.44. The molecule has 6 heteroatoms. The van der Waals surface area contributed by atoms with E-state index >= 15 is 0 Å². The van der Waals surface area contributed by atoms with Crippen molar-refractivity contribution in [1.29, 1.82) is 0 Å². The minimum atomic E-state index is -0.911. The Morgan fingerprint density at radius 2 is 1.80 bits per heavy atom. The number of nitrogens with zero attached hydrogens (tertiary/aromatic N) is 1. The summed E-state index contributed by atoms with van der Waals surface area (Å²) in [5, 5.41) is 3.77. The Morgan fingerprint density at radius 3 is 2.48 bits per heavy atom. The summed E-state index contributed by atoms with van der Waals surface area (Å²) >= 11 is 12.1. The fourth-order valence-electron chi connectivity index (χ4n) is 2.92. The summed E-state index contributed by atoms with van der Waals surface area (Å²) in [7, 11) is 0. The van der Waals surface area contributed by atoms with Gasteiger partial charge in [-0.2, -0.15) is 0 Å². The fourth-order valence-corrected chi connectivity index (χ4v) is 3.39. The Balaban J connectivity index is 1.72. The molecule has 0 radical (unpaired) electrons. The summed E-state index contributed by atoms with van der Waals surface area (Å²) in [6, 6.07) is 14.5. The number of carbonyl (C=O) groups is 2. The molecule has 1 N–H and O–H groups in total. The van der Waals surface area contributed by atoms with Gasteiger partial charge in [0.2, 0.25) is 0 Å². The molecule has 130 valence electrons. The molecule has 1 atom stereocenters. The van der Waals surface area contributed by atoms with Gasteiger partial charge in [0.25, 0.3) is 5.91 Å². The number of halogens is 2. The molecule has 0 spiro atoms. The maximum absolute atomic E-state index is 12.8. The molecule has 3 amide bonds. The number of benzene rings is 2. The highest BCUT2D eigenvalue weighted by atomic mass is 35.5. The van der Waals surface area contributed by atoms with Crippen LogP contribution in [0.15, 0.2) is 48.5 Å². The lowest BCUT2D eigenvalue weighted by Crippen LogP contribution is -2.44. The van der Waals surface area contributed by atoms with Gasteiger partial charge in [-0.15, -0.1) is 0 Å². The van der Waals surface area contributed by atoms with Crippen LogP contribution >= 0.6 is 23.2 Å². The van der Waals surface area contributed by atoms with Crippen molar-refractivity contribution in [3.8, 4) is 0 Å². The highest BCUT2D eigenvalue weighted by molar-refractivity contribution is 6.35. The molecule has 0 saturated carbocycles. The zero-order chi connectivity index (χ0) is 18.0. The van der Waals surface area contributed by atoms with Gasteiger partial charge in [-0.05, 0) is 43.0 Å². The number of hydrogen-bond donors (Lipinski definition) is 1. The van der Waals surface area contributed by atoms with Crippen LogP contribution in [0.1, 0.15) is 24.5 Å². The first-order valence-electron chi connectivity index (χ1n) is 8.01. The Kier molecular flexibility index (Phi) is 5.02. The third-order valence-electron chi connectivity index (χ3n) is 4.45. The van der Waals surface area contributed by atoms with Crippen LogP contribution in [0.25, 0.3) is 0 Å². The molecule has 1 aliphatic rings. The van der Waals surface area contributed by atoms with Crippen molar-refractivity contribution in [2.75, 3.05) is 0 Å². The van der Waals surface area contributed by atoms with Crippen LogP contribution in [-0.4, -0.2) is 22.4 Å². The van der Waals surface area contributed by atoms with E-state index < -0.39 is 11.6 Å². The van der Waals surface area contributed by atoms with Gasteiger partial charge in [-0.1, -0.05) is 59.6 Å². The molecule has 0 unspecified atom stereocenters. The first-order valence-corrected chi connectivity index (χ1v) is 8.76. The lowest BCUT2D eigenvalue weighted by Gasteiger charge is -2.22. The molecule has 1 heterocycles. The topological polar surface area (TPSA) is 49.4 Å². The lowest BCUT2D eigenvalue weighted by molar-refractivity contribution is -0.131. The van der Waals surface area contributed by atoms with E-state index in [1.807, 2.05) is 30.3 Å². The molecule has 4 nitrogen and oxygen atoms in total. The van der Waals surface area contributed by atoms with Gasteiger partial charge in [0.1, 0.15) is 5.54 Å². The molecule has 2 aromatic rings. The van der Waals surface area contributed by atoms with Crippen molar-refractivity contribution >= 4 is 35.1 Å². The van der Waals surface area contributed by atoms with Crippen molar-refractivity contribution in [2.45, 2.75) is 31.8 Å². The molecule has 3 rings (SSSR count). The smallest absolute Gasteiger partial charge is 0.323 e. The van der Waals surface area contributed by atoms with Crippen molar-refractivity contribution < 1.29 is 9.59 Å². The van der Waals surface area contributed by atoms with Crippen molar-refractivity contribution in [1.82, 2.24) is 10.2 Å². The standard InChI is InChI=1S/C19H18Cl2N2O2/c1-19(10-9-13-5-3-2-4-6-13)17(24)23(18(25)22-19)12-14-7-8-15(20)11-16(14)21/h2-8,11H,9-10,12H2,1H3,(H,22,25)/t19-/m0/s1. The maximum Gasteiger partial charge on any atom is 0.325 e. The van der Waals surface area contributed by atoms with Crippen LogP contribution in [-0.2, 0) is 17.8 Å². The Labute approximate surface area is 156 Å². The first kappa shape index (κ1) is 17.8. The minimum Gasteiger partial charge on any atom is -0.323 e. The Morgan fingerprint density at radius 1 is 1.08 bits per heavy atom. The second-order valence-corrected chi connectivity index (χ2v) is 7.22. The summed E-state index contributed by atoms with van der Waals surface area (Å²) in [5.41, 5.74) is 0.901. The first-order chi connectivity index (χ1) is 11.9. The van der Waals surface area contributed by atoms with E-state index in [9.17, 15) is 9.59 Å². The summed E-state index contributed by atoms with van der Waals surface area (Å²) in [5.74, 6) is -0.237. The number of urea groups is 1. The van der Waals surface area contributed by atoms with Crippen molar-refractivity contribution in [3.63, 3.8) is 0 Å². The molecular formula is C19H18Cl2N2O2. The van der Waals surface area contributed by atoms with Crippen LogP contribution in [0.5, 0.6) is 0 Å². The van der Waals surface area contributed by atoms with Gasteiger partial charge in [-0.25, -0.2) is 4.79 Å². The van der Waals surface area contributed by atoms with E-state index in [1.54, 1.807) is 25.1 Å². The molecule has 0 aromatic heterocycles. The van der Waals surface area contributed by atoms with Crippen molar-refractivity contribution in [3.05, 3.63) is 69.7 Å². The second kappa shape index (κ2) is 7.06. The fraction of sp³-hybridized carbons (Fsp3) is 0.263. The predicted molar refractivity (Wildman–Crippen MR) is 98.7 cm³/mol. The van der Waals surface area contributed by atoms with Gasteiger partial charge >= 0.3 is 6.03 Å². The zero-order valence-electron chi connectivity index (χ0n) is 13.8. The number of aryl methyl sites for hydroxylation is 1. The average Bonchev–Trinajstić information content (AvgIpc) is 2.80. The molecule has 25 heavy (non-hydrogen) atoms. The van der Waals surface area contributed by atoms with Crippen LogP contribution < -0.4 is 5.32 Å². The van der Waals surface area contributed by atoms with Gasteiger partial charge < -0.3 is 5.32 Å². The highest BCUT2D eigenvalue weighted by Crippen LogP contribution is 2.27. The third-order valence-corrected chi connectivity index (χ3v) is 5.03. The van der Waals surface area contributed by atoms with E-state index in [1.165, 1.54) is 4.90 Å². The molecular weight excluding hydrogens is 359 g/mol. The van der Waals surface area contributed by atoms with Gasteiger partial charge in [0, 0.05) is 10.0 Å². The highest BCUT2D eigenvalue weighted by Gasteiger charge is 2.47. The van der Waals surface area contributed by atoms with Crippen LogP contribution in [0, 0.1) is 0 Å². The van der Waals surface area contributed by atoms with E-state index in [4.69, 9.17) is 23.2 Å². The molecule has 2 aromatic carbocycles. The SMILES string of the molecule is C[C@@]1(CCc2ccccc2)NC(=O)N(Cc2ccc(Cl)cc2Cl)C1=O. The van der Waals surface area contributed by atoms with Gasteiger partial charge in [0.15, 0.2) is 0 Å². The summed E-state index contributed by atoms with van der Waals surface area (Å²) in [6.07, 6.45) is 1.24. The summed E-state index contributed by atoms with van der Waals surface area (Å²) < 4.78 is 0. The molecule has 1 saturated heterocycles. The second-order valence-electron chi connectivity index (χ2n) is 6.37. The molecule has 0 aliphatic carbocycles. The van der Waals surface area contributed by atoms with Crippen LogP contribution in [0.4, 0.5) is 4.79 Å². The molecule has 0 bridgehead atoms. The number of nitrogens with one attached hydrogen (secondary N) is 1. The number of carbonyl (C=O) groups excluding carboxylic acids is 2. The van der Waals surface area contributed by atoms with Gasteiger partial charge in [0.05, 0.1) is 6.54 Å². The number of imide groups is 1. The summed E-state index contributed by atoms with van der Waals surface area (Å²) in [4.78, 5) is 26.3. The number of hydrogen-bond acceptors (Lipinski definition) is 2. The summed E-state index contributed by atoms with van der Waals surface area (Å²) in [6.45, 7) is 1.89. The Hall–Kier alpha value is -2.04. The molecule has 1 fully saturated rings. The number of rotatable bonds is 5. The Bertz CT molecular complexity index is 810. The maximum atomic E-state index is 12.8. The monoisotopic (exact) mass is 376 g/mol. The zero-order valence-corrected chi connectivity index (χ0v) is 15.3. The minimum absolute atomic E-state index is 0.127. The van der Waals surface area contributed by atoms with Crippen LogP contribution in [0.2, 0.25) is 10.0 Å². The average molecular weight is 377 g/mol. The van der Waals surface area contributed by atoms with Gasteiger partial charge in [-0.3, -0.25) is 9.69 Å². The lowest BCUT2D eigenvalue weighted by atomic mass is 9.93. The molecule has 1 aliphatic heterocycles. The van der Waals surface area contributed by atoms with Crippen molar-refractivity contribution in [2.24, 2.45) is 0 Å². The van der Waals surface area contributed by atoms with E-state index in [0.29, 0.717) is 28.5 Å². The third kappa shape index (κ3) is 3.80.